The highest BCUT2D eigenvalue weighted by Gasteiger charge is 2.30. The Morgan fingerprint density at radius 2 is 1.90 bits per heavy atom. The number of carbonyl (C=O) groups excluding carboxylic acids is 2. The number of nitrogens with zero attached hydrogens (tertiary/aromatic N) is 2. The first-order valence-corrected chi connectivity index (χ1v) is 6.86. The molecule has 4 heteroatoms. The highest BCUT2D eigenvalue weighted by Crippen LogP contribution is 2.29. The van der Waals surface area contributed by atoms with Gasteiger partial charge in [0.25, 0.3) is 0 Å². The van der Waals surface area contributed by atoms with Crippen LogP contribution in [-0.2, 0) is 9.59 Å². The summed E-state index contributed by atoms with van der Waals surface area (Å²) in [6.45, 7) is 1.32. The maximum atomic E-state index is 12.0. The molecule has 1 atom stereocenters. The fourth-order valence-corrected chi connectivity index (χ4v) is 2.82. The van der Waals surface area contributed by atoms with E-state index in [1.165, 1.54) is 0 Å². The summed E-state index contributed by atoms with van der Waals surface area (Å²) < 4.78 is 0. The fourth-order valence-electron chi connectivity index (χ4n) is 2.82. The zero-order chi connectivity index (χ0) is 14.1. The van der Waals surface area contributed by atoms with E-state index in [0.717, 1.165) is 24.3 Å². The highest BCUT2D eigenvalue weighted by molar-refractivity contribution is 5.99. The molecular formula is C16H16N2O2. The van der Waals surface area contributed by atoms with Crippen LogP contribution in [-0.4, -0.2) is 24.9 Å². The molecule has 2 amide bonds. The smallest absolute Gasteiger partial charge is 0.228 e. The Morgan fingerprint density at radius 1 is 1.15 bits per heavy atom. The average molecular weight is 268 g/mol. The lowest BCUT2D eigenvalue weighted by Gasteiger charge is -2.20. The first kappa shape index (κ1) is 12.7. The minimum Gasteiger partial charge on any atom is -0.312 e. The predicted molar refractivity (Wildman–Crippen MR) is 77.3 cm³/mol. The van der Waals surface area contributed by atoms with Gasteiger partial charge in [-0.15, -0.1) is 12.3 Å². The number of hydrogen-bond donors (Lipinski definition) is 0. The molecule has 2 aliphatic heterocycles. The second-order valence-corrected chi connectivity index (χ2v) is 5.24. The molecule has 0 N–H and O–H groups in total. The molecule has 1 unspecified atom stereocenters. The van der Waals surface area contributed by atoms with Crippen LogP contribution in [0.2, 0.25) is 0 Å². The van der Waals surface area contributed by atoms with Gasteiger partial charge in [-0.3, -0.25) is 9.59 Å². The minimum atomic E-state index is -0.0143. The molecule has 4 nitrogen and oxygen atoms in total. The summed E-state index contributed by atoms with van der Waals surface area (Å²) in [5.74, 6) is 2.83. The molecule has 1 aromatic rings. The van der Waals surface area contributed by atoms with Gasteiger partial charge < -0.3 is 9.80 Å². The van der Waals surface area contributed by atoms with Crippen LogP contribution in [0.25, 0.3) is 0 Å². The number of hydrogen-bond acceptors (Lipinski definition) is 2. The molecule has 0 radical (unpaired) electrons. The largest absolute Gasteiger partial charge is 0.312 e. The highest BCUT2D eigenvalue weighted by atomic mass is 16.2. The molecule has 0 saturated carbocycles. The molecule has 0 aliphatic carbocycles. The van der Waals surface area contributed by atoms with Crippen molar-refractivity contribution in [3.8, 4) is 12.3 Å². The van der Waals surface area contributed by atoms with E-state index in [0.29, 0.717) is 19.4 Å². The van der Waals surface area contributed by atoms with Gasteiger partial charge in [0.2, 0.25) is 11.8 Å². The molecule has 102 valence electrons. The summed E-state index contributed by atoms with van der Waals surface area (Å²) in [4.78, 5) is 27.3. The molecule has 2 fully saturated rings. The van der Waals surface area contributed by atoms with Crippen LogP contribution in [0.3, 0.4) is 0 Å². The Hall–Kier alpha value is -2.28. The van der Waals surface area contributed by atoms with E-state index in [2.05, 4.69) is 5.92 Å². The number of benzene rings is 1. The van der Waals surface area contributed by atoms with Crippen molar-refractivity contribution in [2.24, 2.45) is 5.92 Å². The zero-order valence-electron chi connectivity index (χ0n) is 11.2. The van der Waals surface area contributed by atoms with Gasteiger partial charge in [0, 0.05) is 43.2 Å². The third-order valence-electron chi connectivity index (χ3n) is 3.89. The molecule has 0 spiro atoms. The predicted octanol–water partition coefficient (Wildman–Crippen LogP) is 1.80. The van der Waals surface area contributed by atoms with E-state index in [-0.39, 0.29) is 17.7 Å². The molecule has 1 aromatic carbocycles. The van der Waals surface area contributed by atoms with Crippen LogP contribution in [0.5, 0.6) is 0 Å². The second kappa shape index (κ2) is 5.01. The van der Waals surface area contributed by atoms with Crippen molar-refractivity contribution in [3.05, 3.63) is 24.3 Å². The van der Waals surface area contributed by atoms with Crippen molar-refractivity contribution in [3.63, 3.8) is 0 Å². The summed E-state index contributed by atoms with van der Waals surface area (Å²) in [6.07, 6.45) is 7.31. The number of amides is 2. The normalized spacial score (nSPS) is 22.4. The minimum absolute atomic E-state index is 0.0143. The lowest BCUT2D eigenvalue weighted by atomic mass is 10.1. The summed E-state index contributed by atoms with van der Waals surface area (Å²) in [7, 11) is 0. The van der Waals surface area contributed by atoms with Crippen LogP contribution < -0.4 is 9.80 Å². The third-order valence-corrected chi connectivity index (χ3v) is 3.89. The van der Waals surface area contributed by atoms with Crippen LogP contribution in [0.15, 0.2) is 24.3 Å². The molecular weight excluding hydrogens is 252 g/mol. The maximum absolute atomic E-state index is 12.0. The summed E-state index contributed by atoms with van der Waals surface area (Å²) in [6, 6.07) is 7.58. The topological polar surface area (TPSA) is 40.6 Å². The van der Waals surface area contributed by atoms with E-state index in [9.17, 15) is 9.59 Å². The van der Waals surface area contributed by atoms with Gasteiger partial charge in [-0.1, -0.05) is 6.07 Å². The van der Waals surface area contributed by atoms with Crippen molar-refractivity contribution in [2.45, 2.75) is 19.3 Å². The molecule has 0 aromatic heterocycles. The average Bonchev–Trinajstić information content (AvgIpc) is 3.05. The van der Waals surface area contributed by atoms with Gasteiger partial charge >= 0.3 is 0 Å². The Morgan fingerprint density at radius 3 is 2.50 bits per heavy atom. The van der Waals surface area contributed by atoms with Crippen molar-refractivity contribution in [2.75, 3.05) is 22.9 Å². The van der Waals surface area contributed by atoms with Crippen molar-refractivity contribution >= 4 is 23.2 Å². The number of terminal acetylenes is 1. The van der Waals surface area contributed by atoms with E-state index in [4.69, 9.17) is 6.42 Å². The van der Waals surface area contributed by atoms with Gasteiger partial charge in [0.15, 0.2) is 0 Å². The van der Waals surface area contributed by atoms with Gasteiger partial charge in [-0.2, -0.15) is 0 Å². The Labute approximate surface area is 118 Å². The van der Waals surface area contributed by atoms with Gasteiger partial charge in [0.05, 0.1) is 0 Å². The first-order chi connectivity index (χ1) is 9.69. The van der Waals surface area contributed by atoms with E-state index < -0.39 is 0 Å². The van der Waals surface area contributed by atoms with Crippen LogP contribution >= 0.6 is 0 Å². The van der Waals surface area contributed by atoms with E-state index in [1.54, 1.807) is 9.80 Å². The van der Waals surface area contributed by atoms with Crippen LogP contribution in [0.4, 0.5) is 11.4 Å². The lowest BCUT2D eigenvalue weighted by molar-refractivity contribution is -0.117. The Balaban J connectivity index is 1.87. The van der Waals surface area contributed by atoms with Crippen molar-refractivity contribution < 1.29 is 9.59 Å². The molecule has 0 bridgehead atoms. The monoisotopic (exact) mass is 268 g/mol. The molecule has 3 rings (SSSR count). The quantitative estimate of drug-likeness (QED) is 0.767. The van der Waals surface area contributed by atoms with E-state index >= 15 is 0 Å². The molecule has 2 saturated heterocycles. The Kier molecular flexibility index (Phi) is 3.19. The van der Waals surface area contributed by atoms with E-state index in [1.807, 2.05) is 24.3 Å². The lowest BCUT2D eigenvalue weighted by Crippen LogP contribution is -2.26. The summed E-state index contributed by atoms with van der Waals surface area (Å²) in [5.41, 5.74) is 1.69. The maximum Gasteiger partial charge on any atom is 0.228 e. The fraction of sp³-hybridized carbons (Fsp3) is 0.375. The molecule has 2 heterocycles. The number of rotatable bonds is 2. The third kappa shape index (κ3) is 2.16. The van der Waals surface area contributed by atoms with Crippen LogP contribution in [0, 0.1) is 18.3 Å². The molecule has 20 heavy (non-hydrogen) atoms. The second-order valence-electron chi connectivity index (χ2n) is 5.24. The van der Waals surface area contributed by atoms with Crippen molar-refractivity contribution in [1.29, 1.82) is 0 Å². The summed E-state index contributed by atoms with van der Waals surface area (Å²) in [5, 5.41) is 0. The first-order valence-electron chi connectivity index (χ1n) is 6.86. The summed E-state index contributed by atoms with van der Waals surface area (Å²) >= 11 is 0. The SMILES string of the molecule is C#CC1CC(=O)N(c2cccc(N3CCCC3=O)c2)C1. The Bertz CT molecular complexity index is 603. The standard InChI is InChI=1S/C16H16N2O2/c1-2-12-9-16(20)18(11-12)14-6-3-5-13(10-14)17-8-4-7-15(17)19/h1,3,5-6,10,12H,4,7-9,11H2. The van der Waals surface area contributed by atoms with Gasteiger partial charge in [0.1, 0.15) is 0 Å². The van der Waals surface area contributed by atoms with Gasteiger partial charge in [-0.25, -0.2) is 0 Å². The van der Waals surface area contributed by atoms with Crippen molar-refractivity contribution in [1.82, 2.24) is 0 Å². The molecule has 2 aliphatic rings. The number of anilines is 2. The van der Waals surface area contributed by atoms with Crippen LogP contribution in [0.1, 0.15) is 19.3 Å². The zero-order valence-corrected chi connectivity index (χ0v) is 11.2. The van der Waals surface area contributed by atoms with Gasteiger partial charge in [-0.05, 0) is 24.6 Å². The number of carbonyl (C=O) groups is 2.